The lowest BCUT2D eigenvalue weighted by molar-refractivity contribution is 0.187. The fraction of sp³-hybridized carbons (Fsp3) is 0.208. The smallest absolute Gasteiger partial charge is 0.411 e. The Labute approximate surface area is 175 Å². The summed E-state index contributed by atoms with van der Waals surface area (Å²) in [6, 6.07) is 16.0. The molecular formula is C24H24N4O2. The second-order valence-electron chi connectivity index (χ2n) is 7.12. The highest BCUT2D eigenvalue weighted by atomic mass is 16.5. The molecule has 2 heterocycles. The first kappa shape index (κ1) is 19.6. The van der Waals surface area contributed by atoms with Crippen LogP contribution >= 0.6 is 0 Å². The van der Waals surface area contributed by atoms with Crippen molar-refractivity contribution in [3.63, 3.8) is 0 Å². The number of pyridine rings is 1. The van der Waals surface area contributed by atoms with Gasteiger partial charge < -0.3 is 4.74 Å². The minimum absolute atomic E-state index is 0.502. The number of aromatic nitrogens is 2. The Bertz CT molecular complexity index is 1260. The van der Waals surface area contributed by atoms with Crippen molar-refractivity contribution in [2.24, 2.45) is 4.99 Å². The molecule has 4 aromatic rings. The van der Waals surface area contributed by atoms with E-state index in [1.807, 2.05) is 48.8 Å². The average molecular weight is 400 g/mol. The number of benzene rings is 2. The Hall–Kier alpha value is -3.67. The maximum Gasteiger partial charge on any atom is 0.411 e. The van der Waals surface area contributed by atoms with Gasteiger partial charge in [0.1, 0.15) is 5.65 Å². The fourth-order valence-corrected chi connectivity index (χ4v) is 3.52. The van der Waals surface area contributed by atoms with Crippen molar-refractivity contribution in [2.75, 3.05) is 19.0 Å². The quantitative estimate of drug-likeness (QED) is 0.452. The number of amides is 1. The van der Waals surface area contributed by atoms with Gasteiger partial charge in [0.2, 0.25) is 0 Å². The highest BCUT2D eigenvalue weighted by Gasteiger charge is 2.16. The van der Waals surface area contributed by atoms with Crippen LogP contribution in [0.5, 0.6) is 0 Å². The summed E-state index contributed by atoms with van der Waals surface area (Å²) in [5.74, 6) is 0. The third-order valence-electron chi connectivity index (χ3n) is 5.04. The number of nitrogens with zero attached hydrogens (tertiary/aromatic N) is 3. The van der Waals surface area contributed by atoms with Crippen LogP contribution in [0.3, 0.4) is 0 Å². The van der Waals surface area contributed by atoms with Gasteiger partial charge in [0.05, 0.1) is 18.5 Å². The molecule has 0 saturated carbocycles. The summed E-state index contributed by atoms with van der Waals surface area (Å²) in [4.78, 5) is 21.2. The van der Waals surface area contributed by atoms with Crippen LogP contribution in [0.2, 0.25) is 0 Å². The zero-order valence-electron chi connectivity index (χ0n) is 17.3. The number of ether oxygens (including phenoxy) is 1. The standard InChI is InChI=1S/C24H24N4O2/c1-4-12-25-15-21-22(19-8-6-5-7-16(19)2)27-23-20-14-18(26-24(29)30-3)10-9-17(20)11-13-28(21)23/h5-11,13-15H,4,12H2,1-3H3,(H,26,29). The number of imidazole rings is 1. The van der Waals surface area contributed by atoms with Gasteiger partial charge in [0, 0.05) is 35.6 Å². The highest BCUT2D eigenvalue weighted by Crippen LogP contribution is 2.30. The normalized spacial score (nSPS) is 11.4. The molecule has 4 rings (SSSR count). The molecule has 1 amide bonds. The van der Waals surface area contributed by atoms with Gasteiger partial charge in [-0.25, -0.2) is 9.78 Å². The number of methoxy groups -OCH3 is 1. The predicted octanol–water partition coefficient (Wildman–Crippen LogP) is 5.47. The Kier molecular flexibility index (Phi) is 5.48. The molecule has 0 aliphatic heterocycles. The van der Waals surface area contributed by atoms with Crippen LogP contribution in [0.25, 0.3) is 27.7 Å². The van der Waals surface area contributed by atoms with Crippen molar-refractivity contribution in [2.45, 2.75) is 20.3 Å². The van der Waals surface area contributed by atoms with Crippen molar-refractivity contribution in [3.05, 3.63) is 66.0 Å². The maximum absolute atomic E-state index is 11.6. The summed E-state index contributed by atoms with van der Waals surface area (Å²) in [7, 11) is 1.35. The largest absolute Gasteiger partial charge is 0.453 e. The molecule has 0 aliphatic carbocycles. The molecule has 0 radical (unpaired) electrons. The molecular weight excluding hydrogens is 376 g/mol. The van der Waals surface area contributed by atoms with Crippen LogP contribution < -0.4 is 5.32 Å². The van der Waals surface area contributed by atoms with Gasteiger partial charge in [-0.2, -0.15) is 0 Å². The molecule has 2 aromatic heterocycles. The average Bonchev–Trinajstić information content (AvgIpc) is 3.13. The summed E-state index contributed by atoms with van der Waals surface area (Å²) >= 11 is 0. The second-order valence-corrected chi connectivity index (χ2v) is 7.12. The molecule has 0 aliphatic rings. The molecule has 0 bridgehead atoms. The monoisotopic (exact) mass is 400 g/mol. The molecule has 0 spiro atoms. The first-order chi connectivity index (χ1) is 14.6. The Morgan fingerprint density at radius 3 is 2.83 bits per heavy atom. The minimum atomic E-state index is -0.502. The van der Waals surface area contributed by atoms with Crippen molar-refractivity contribution in [1.82, 2.24) is 9.38 Å². The van der Waals surface area contributed by atoms with Gasteiger partial charge >= 0.3 is 6.09 Å². The fourth-order valence-electron chi connectivity index (χ4n) is 3.52. The lowest BCUT2D eigenvalue weighted by atomic mass is 10.0. The lowest BCUT2D eigenvalue weighted by Gasteiger charge is -2.07. The lowest BCUT2D eigenvalue weighted by Crippen LogP contribution is -2.10. The van der Waals surface area contributed by atoms with Gasteiger partial charge in [-0.15, -0.1) is 0 Å². The Morgan fingerprint density at radius 2 is 2.07 bits per heavy atom. The van der Waals surface area contributed by atoms with Gasteiger partial charge in [-0.3, -0.25) is 14.7 Å². The number of aliphatic imine (C=N–C) groups is 1. The third-order valence-corrected chi connectivity index (χ3v) is 5.04. The van der Waals surface area contributed by atoms with E-state index in [4.69, 9.17) is 9.72 Å². The molecule has 0 atom stereocenters. The molecule has 0 unspecified atom stereocenters. The van der Waals surface area contributed by atoms with E-state index in [1.54, 1.807) is 0 Å². The van der Waals surface area contributed by atoms with Gasteiger partial charge in [-0.05, 0) is 42.5 Å². The first-order valence-corrected chi connectivity index (χ1v) is 9.98. The maximum atomic E-state index is 11.6. The number of carbonyl (C=O) groups excluding carboxylic acids is 1. The number of hydrogen-bond donors (Lipinski definition) is 1. The summed E-state index contributed by atoms with van der Waals surface area (Å²) < 4.78 is 6.78. The zero-order valence-corrected chi connectivity index (χ0v) is 17.3. The minimum Gasteiger partial charge on any atom is -0.453 e. The zero-order chi connectivity index (χ0) is 21.1. The summed E-state index contributed by atoms with van der Waals surface area (Å²) in [5.41, 5.74) is 5.55. The van der Waals surface area contributed by atoms with E-state index in [0.717, 1.165) is 51.9 Å². The highest BCUT2D eigenvalue weighted by molar-refractivity contribution is 6.01. The summed E-state index contributed by atoms with van der Waals surface area (Å²) in [6.07, 6.45) is 4.41. The number of hydrogen-bond acceptors (Lipinski definition) is 4. The van der Waals surface area contributed by atoms with Gasteiger partial charge in [0.15, 0.2) is 0 Å². The van der Waals surface area contributed by atoms with E-state index >= 15 is 0 Å². The van der Waals surface area contributed by atoms with E-state index < -0.39 is 6.09 Å². The number of aryl methyl sites for hydroxylation is 1. The molecule has 30 heavy (non-hydrogen) atoms. The number of carbonyl (C=O) groups is 1. The van der Waals surface area contributed by atoms with E-state index in [2.05, 4.69) is 40.7 Å². The van der Waals surface area contributed by atoms with E-state index in [-0.39, 0.29) is 0 Å². The number of nitrogens with one attached hydrogen (secondary N) is 1. The molecule has 6 nitrogen and oxygen atoms in total. The van der Waals surface area contributed by atoms with Crippen molar-refractivity contribution < 1.29 is 9.53 Å². The Balaban J connectivity index is 1.97. The summed E-state index contributed by atoms with van der Waals surface area (Å²) in [5, 5.41) is 4.71. The number of anilines is 1. The third kappa shape index (κ3) is 3.64. The van der Waals surface area contributed by atoms with Crippen LogP contribution in [0.4, 0.5) is 10.5 Å². The molecule has 1 N–H and O–H groups in total. The molecule has 6 heteroatoms. The second kappa shape index (κ2) is 8.37. The van der Waals surface area contributed by atoms with Crippen LogP contribution in [-0.4, -0.2) is 35.3 Å². The summed E-state index contributed by atoms with van der Waals surface area (Å²) in [6.45, 7) is 4.96. The first-order valence-electron chi connectivity index (χ1n) is 9.98. The number of fused-ring (bicyclic) bond motifs is 3. The van der Waals surface area contributed by atoms with Crippen molar-refractivity contribution in [1.29, 1.82) is 0 Å². The van der Waals surface area contributed by atoms with E-state index in [1.165, 1.54) is 7.11 Å². The number of rotatable bonds is 5. The van der Waals surface area contributed by atoms with Gasteiger partial charge in [-0.1, -0.05) is 37.3 Å². The molecule has 0 fully saturated rings. The topological polar surface area (TPSA) is 68.0 Å². The van der Waals surface area contributed by atoms with E-state index in [0.29, 0.717) is 5.69 Å². The van der Waals surface area contributed by atoms with E-state index in [9.17, 15) is 4.79 Å². The van der Waals surface area contributed by atoms with Crippen LogP contribution in [-0.2, 0) is 4.74 Å². The van der Waals surface area contributed by atoms with Crippen LogP contribution in [0.1, 0.15) is 24.6 Å². The van der Waals surface area contributed by atoms with Crippen molar-refractivity contribution in [3.8, 4) is 11.3 Å². The molecule has 152 valence electrons. The van der Waals surface area contributed by atoms with Crippen LogP contribution in [0, 0.1) is 6.92 Å². The predicted molar refractivity (Wildman–Crippen MR) is 122 cm³/mol. The molecule has 0 saturated heterocycles. The van der Waals surface area contributed by atoms with Gasteiger partial charge in [0.25, 0.3) is 0 Å². The Morgan fingerprint density at radius 1 is 1.23 bits per heavy atom. The van der Waals surface area contributed by atoms with Crippen molar-refractivity contribution >= 4 is 34.4 Å². The molecule has 2 aromatic carbocycles. The van der Waals surface area contributed by atoms with Crippen LogP contribution in [0.15, 0.2) is 59.7 Å². The SMILES string of the molecule is CCCN=Cc1c(-c2ccccc2C)nc2c3cc(NC(=O)OC)ccc3ccn12.